The average molecular weight is 459 g/mol. The molecule has 4 rings (SSSR count). The van der Waals surface area contributed by atoms with Crippen molar-refractivity contribution in [3.63, 3.8) is 0 Å². The second kappa shape index (κ2) is 7.97. The van der Waals surface area contributed by atoms with Gasteiger partial charge in [-0.25, -0.2) is 17.1 Å². The molecule has 0 radical (unpaired) electrons. The second-order valence-corrected chi connectivity index (χ2v) is 10.4. The van der Waals surface area contributed by atoms with E-state index in [2.05, 4.69) is 5.10 Å². The number of hydrogen-bond acceptors (Lipinski definition) is 4. The molecule has 32 heavy (non-hydrogen) atoms. The van der Waals surface area contributed by atoms with Gasteiger partial charge in [-0.05, 0) is 37.5 Å². The number of hydrogen-bond donors (Lipinski definition) is 0. The topological polar surface area (TPSA) is 75.5 Å². The summed E-state index contributed by atoms with van der Waals surface area (Å²) >= 11 is 0. The summed E-state index contributed by atoms with van der Waals surface area (Å²) in [5.41, 5.74) is 2.52. The van der Waals surface area contributed by atoms with Gasteiger partial charge in [0.1, 0.15) is 5.82 Å². The molecule has 0 aliphatic carbocycles. The molecule has 1 aromatic carbocycles. The van der Waals surface area contributed by atoms with Crippen LogP contribution >= 0.6 is 0 Å². The average Bonchev–Trinajstić information content (AvgIpc) is 3.43. The molecule has 1 spiro atoms. The molecule has 3 heterocycles. The highest BCUT2D eigenvalue weighted by molar-refractivity contribution is 7.88. The zero-order valence-corrected chi connectivity index (χ0v) is 19.5. The molecule has 0 bridgehead atoms. The first-order valence-corrected chi connectivity index (χ1v) is 12.3. The molecule has 2 aliphatic heterocycles. The van der Waals surface area contributed by atoms with Crippen LogP contribution in [0.3, 0.4) is 0 Å². The maximum atomic E-state index is 15.0. The van der Waals surface area contributed by atoms with Crippen LogP contribution in [0.2, 0.25) is 0 Å². The number of likely N-dealkylation sites (tertiary alicyclic amines) is 1. The van der Waals surface area contributed by atoms with E-state index in [1.165, 1.54) is 10.4 Å². The van der Waals surface area contributed by atoms with Crippen LogP contribution in [0.25, 0.3) is 11.1 Å². The van der Waals surface area contributed by atoms with E-state index >= 15 is 4.39 Å². The molecule has 1 amide bonds. The summed E-state index contributed by atoms with van der Waals surface area (Å²) in [5.74, 6) is -0.581. The highest BCUT2D eigenvalue weighted by Gasteiger charge is 2.57. The molecule has 2 saturated heterocycles. The number of sulfonamides is 1. The van der Waals surface area contributed by atoms with Gasteiger partial charge in [-0.1, -0.05) is 24.3 Å². The Hall–Kier alpha value is -2.78. The summed E-state index contributed by atoms with van der Waals surface area (Å²) in [6, 6.07) is 4.96. The molecule has 2 aromatic rings. The van der Waals surface area contributed by atoms with Gasteiger partial charge in [0.25, 0.3) is 0 Å². The molecule has 0 N–H and O–H groups in total. The van der Waals surface area contributed by atoms with E-state index in [0.717, 1.165) is 17.4 Å². The minimum atomic E-state index is -3.41. The number of rotatable bonds is 4. The van der Waals surface area contributed by atoms with Crippen LogP contribution in [-0.4, -0.2) is 52.7 Å². The highest BCUT2D eigenvalue weighted by Crippen LogP contribution is 2.50. The Labute approximate surface area is 187 Å². The number of halogens is 1. The molecule has 2 aliphatic rings. The molecule has 1 aromatic heterocycles. The third-order valence-corrected chi connectivity index (χ3v) is 7.67. The minimum absolute atomic E-state index is 0.0790. The number of aromatic nitrogens is 2. The zero-order valence-electron chi connectivity index (χ0n) is 18.7. The SMILES string of the molecule is CC=C1C(=CC)C2(CCN(S(C)(=O)=O)C2)C(=O)N1Cc1ccc(-c2cnn(C)c2)cc1F. The smallest absolute Gasteiger partial charge is 0.239 e. The Bertz CT molecular complexity index is 1250. The number of amides is 1. The fourth-order valence-corrected chi connectivity index (χ4v) is 5.69. The second-order valence-electron chi connectivity index (χ2n) is 8.41. The number of benzene rings is 1. The Morgan fingerprint density at radius 2 is 1.97 bits per heavy atom. The molecule has 0 saturated carbocycles. The number of nitrogens with zero attached hydrogens (tertiary/aromatic N) is 4. The van der Waals surface area contributed by atoms with E-state index in [-0.39, 0.29) is 19.0 Å². The minimum Gasteiger partial charge on any atom is -0.307 e. The van der Waals surface area contributed by atoms with Crippen molar-refractivity contribution in [2.24, 2.45) is 12.5 Å². The standard InChI is InChI=1S/C23H27FN4O3S/c1-5-19-21(6-2)28(22(29)23(19)9-10-27(15-23)32(4,30)31)14-17-8-7-16(11-20(17)24)18-12-25-26(3)13-18/h5-8,11-13H,9-10,14-15H2,1-4H3. The number of carbonyl (C=O) groups excluding carboxylic acids is 1. The lowest BCUT2D eigenvalue weighted by atomic mass is 9.80. The third-order valence-electron chi connectivity index (χ3n) is 6.42. The first kappa shape index (κ1) is 22.4. The fourth-order valence-electron chi connectivity index (χ4n) is 4.81. The summed E-state index contributed by atoms with van der Waals surface area (Å²) < 4.78 is 42.3. The summed E-state index contributed by atoms with van der Waals surface area (Å²) in [7, 11) is -1.61. The largest absolute Gasteiger partial charge is 0.307 e. The zero-order chi connectivity index (χ0) is 23.3. The van der Waals surface area contributed by atoms with Crippen molar-refractivity contribution < 1.29 is 17.6 Å². The summed E-state index contributed by atoms with van der Waals surface area (Å²) in [6.07, 6.45) is 8.77. The monoisotopic (exact) mass is 458 g/mol. The van der Waals surface area contributed by atoms with Gasteiger partial charge in [-0.3, -0.25) is 9.48 Å². The van der Waals surface area contributed by atoms with Gasteiger partial charge in [0.15, 0.2) is 0 Å². The Morgan fingerprint density at radius 1 is 1.22 bits per heavy atom. The van der Waals surface area contributed by atoms with Gasteiger partial charge < -0.3 is 4.90 Å². The quantitative estimate of drug-likeness (QED) is 0.706. The van der Waals surface area contributed by atoms with E-state index in [4.69, 9.17) is 0 Å². The normalized spacial score (nSPS) is 24.5. The van der Waals surface area contributed by atoms with Crippen molar-refractivity contribution in [1.29, 1.82) is 0 Å². The van der Waals surface area contributed by atoms with E-state index in [1.54, 1.807) is 28.9 Å². The van der Waals surface area contributed by atoms with Crippen LogP contribution in [0.15, 0.2) is 54.0 Å². The van der Waals surface area contributed by atoms with Crippen LogP contribution in [0.4, 0.5) is 4.39 Å². The van der Waals surface area contributed by atoms with Crippen LogP contribution in [0, 0.1) is 11.2 Å². The fraction of sp³-hybridized carbons (Fsp3) is 0.391. The Kier molecular flexibility index (Phi) is 5.58. The predicted molar refractivity (Wildman–Crippen MR) is 120 cm³/mol. The van der Waals surface area contributed by atoms with Crippen LogP contribution in [-0.2, 0) is 28.4 Å². The molecule has 170 valence electrons. The van der Waals surface area contributed by atoms with Crippen molar-refractivity contribution in [2.75, 3.05) is 19.3 Å². The summed E-state index contributed by atoms with van der Waals surface area (Å²) in [6.45, 7) is 4.17. The van der Waals surface area contributed by atoms with E-state index in [1.807, 2.05) is 38.3 Å². The molecule has 1 unspecified atom stereocenters. The molecule has 2 fully saturated rings. The first-order valence-electron chi connectivity index (χ1n) is 10.5. The molecule has 7 nitrogen and oxygen atoms in total. The number of allylic oxidation sites excluding steroid dienone is 3. The van der Waals surface area contributed by atoms with Crippen molar-refractivity contribution in [1.82, 2.24) is 19.0 Å². The van der Waals surface area contributed by atoms with Gasteiger partial charge in [0.05, 0.1) is 24.4 Å². The highest BCUT2D eigenvalue weighted by atomic mass is 32.2. The Morgan fingerprint density at radius 3 is 2.50 bits per heavy atom. The van der Waals surface area contributed by atoms with Crippen molar-refractivity contribution >= 4 is 15.9 Å². The number of carbonyl (C=O) groups is 1. The van der Waals surface area contributed by atoms with Crippen molar-refractivity contribution in [2.45, 2.75) is 26.8 Å². The Balaban J connectivity index is 1.66. The van der Waals surface area contributed by atoms with E-state index in [0.29, 0.717) is 29.8 Å². The molecular formula is C23H27FN4O3S. The van der Waals surface area contributed by atoms with Gasteiger partial charge in [0, 0.05) is 43.2 Å². The first-order chi connectivity index (χ1) is 15.1. The van der Waals surface area contributed by atoms with Crippen molar-refractivity contribution in [3.05, 3.63) is 65.4 Å². The lowest BCUT2D eigenvalue weighted by molar-refractivity contribution is -0.134. The van der Waals surface area contributed by atoms with Crippen LogP contribution < -0.4 is 0 Å². The van der Waals surface area contributed by atoms with Crippen LogP contribution in [0.5, 0.6) is 0 Å². The van der Waals surface area contributed by atoms with Crippen LogP contribution in [0.1, 0.15) is 25.8 Å². The van der Waals surface area contributed by atoms with Crippen molar-refractivity contribution in [3.8, 4) is 11.1 Å². The maximum absolute atomic E-state index is 15.0. The lowest BCUT2D eigenvalue weighted by Crippen LogP contribution is -2.38. The van der Waals surface area contributed by atoms with Gasteiger partial charge >= 0.3 is 0 Å². The van der Waals surface area contributed by atoms with E-state index in [9.17, 15) is 13.2 Å². The summed E-state index contributed by atoms with van der Waals surface area (Å²) in [5, 5.41) is 4.12. The number of aryl methyl sites for hydroxylation is 1. The van der Waals surface area contributed by atoms with E-state index < -0.39 is 21.3 Å². The third kappa shape index (κ3) is 3.59. The molecule has 1 atom stereocenters. The maximum Gasteiger partial charge on any atom is 0.239 e. The van der Waals surface area contributed by atoms with Gasteiger partial charge in [-0.15, -0.1) is 0 Å². The molecule has 9 heteroatoms. The van der Waals surface area contributed by atoms with Gasteiger partial charge in [-0.2, -0.15) is 5.10 Å². The van der Waals surface area contributed by atoms with Gasteiger partial charge in [0.2, 0.25) is 15.9 Å². The molecular weight excluding hydrogens is 431 g/mol. The predicted octanol–water partition coefficient (Wildman–Crippen LogP) is 3.07. The summed E-state index contributed by atoms with van der Waals surface area (Å²) in [4.78, 5) is 15.2. The lowest BCUT2D eigenvalue weighted by Gasteiger charge is -2.23.